The second-order valence-electron chi connectivity index (χ2n) is 3.01. The van der Waals surface area contributed by atoms with Gasteiger partial charge >= 0.3 is 5.97 Å². The lowest BCUT2D eigenvalue weighted by Crippen LogP contribution is -2.19. The van der Waals surface area contributed by atoms with Gasteiger partial charge in [-0.2, -0.15) is 5.10 Å². The summed E-state index contributed by atoms with van der Waals surface area (Å²) in [5, 5.41) is 12.5. The predicted octanol–water partition coefficient (Wildman–Crippen LogP) is 0.0460. The van der Waals surface area contributed by atoms with Crippen molar-refractivity contribution in [2.24, 2.45) is 7.05 Å². The summed E-state index contributed by atoms with van der Waals surface area (Å²) in [4.78, 5) is 10.8. The van der Waals surface area contributed by atoms with E-state index in [1.165, 1.54) is 13.1 Å². The van der Waals surface area contributed by atoms with E-state index in [0.717, 1.165) is 10.9 Å². The van der Waals surface area contributed by atoms with Crippen LogP contribution in [0.3, 0.4) is 0 Å². The van der Waals surface area contributed by atoms with E-state index in [1.807, 2.05) is 0 Å². The van der Waals surface area contributed by atoms with Crippen molar-refractivity contribution in [1.82, 2.24) is 9.78 Å². The monoisotopic (exact) mass is 245 g/mol. The molecule has 7 nitrogen and oxygen atoms in total. The molecule has 0 radical (unpaired) electrons. The van der Waals surface area contributed by atoms with Crippen LogP contribution in [0.15, 0.2) is 18.9 Å². The summed E-state index contributed by atoms with van der Waals surface area (Å²) in [6.45, 7) is 3.30. The van der Waals surface area contributed by atoms with E-state index in [1.54, 1.807) is 0 Å². The number of carboxylic acid groups (broad SMARTS) is 1. The maximum Gasteiger partial charge on any atom is 0.341 e. The van der Waals surface area contributed by atoms with Crippen LogP contribution < -0.4 is 4.72 Å². The first kappa shape index (κ1) is 12.2. The first-order valence-electron chi connectivity index (χ1n) is 4.24. The lowest BCUT2D eigenvalue weighted by atomic mass is 10.3. The summed E-state index contributed by atoms with van der Waals surface area (Å²) < 4.78 is 26.1. The van der Waals surface area contributed by atoms with Crippen LogP contribution >= 0.6 is 0 Å². The van der Waals surface area contributed by atoms with Crippen LogP contribution in [0.25, 0.3) is 0 Å². The molecular formula is C8H11N3O4S. The Hall–Kier alpha value is -1.83. The van der Waals surface area contributed by atoms with E-state index in [9.17, 15) is 13.2 Å². The van der Waals surface area contributed by atoms with Gasteiger partial charge in [0, 0.05) is 7.05 Å². The Morgan fingerprint density at radius 3 is 2.88 bits per heavy atom. The zero-order chi connectivity index (χ0) is 12.3. The zero-order valence-corrected chi connectivity index (χ0v) is 9.36. The van der Waals surface area contributed by atoms with E-state index in [2.05, 4.69) is 16.4 Å². The number of carboxylic acids is 1. The van der Waals surface area contributed by atoms with Gasteiger partial charge < -0.3 is 5.11 Å². The Morgan fingerprint density at radius 1 is 1.75 bits per heavy atom. The summed E-state index contributed by atoms with van der Waals surface area (Å²) in [6, 6.07) is 0. The van der Waals surface area contributed by atoms with Crippen molar-refractivity contribution >= 4 is 21.8 Å². The molecule has 0 aliphatic carbocycles. The maximum absolute atomic E-state index is 11.4. The van der Waals surface area contributed by atoms with E-state index in [-0.39, 0.29) is 17.1 Å². The SMILES string of the molecule is C=CCS(=O)(=O)Nc1c(C(=O)O)cnn1C. The lowest BCUT2D eigenvalue weighted by Gasteiger charge is -2.07. The van der Waals surface area contributed by atoms with Crippen molar-refractivity contribution in [1.29, 1.82) is 0 Å². The number of nitrogens with zero attached hydrogens (tertiary/aromatic N) is 2. The Labute approximate surface area is 92.4 Å². The van der Waals surface area contributed by atoms with Crippen molar-refractivity contribution in [2.75, 3.05) is 10.5 Å². The molecule has 0 aliphatic rings. The average molecular weight is 245 g/mol. The van der Waals surface area contributed by atoms with Crippen molar-refractivity contribution in [2.45, 2.75) is 0 Å². The van der Waals surface area contributed by atoms with Gasteiger partial charge in [-0.15, -0.1) is 6.58 Å². The highest BCUT2D eigenvalue weighted by Crippen LogP contribution is 2.15. The molecule has 0 fully saturated rings. The van der Waals surface area contributed by atoms with E-state index in [0.29, 0.717) is 0 Å². The van der Waals surface area contributed by atoms with Crippen LogP contribution in [0, 0.1) is 0 Å². The zero-order valence-electron chi connectivity index (χ0n) is 8.54. The minimum Gasteiger partial charge on any atom is -0.477 e. The largest absolute Gasteiger partial charge is 0.477 e. The Morgan fingerprint density at radius 2 is 2.38 bits per heavy atom. The number of nitrogens with one attached hydrogen (secondary N) is 1. The molecule has 0 amide bonds. The van der Waals surface area contributed by atoms with Gasteiger partial charge in [0.25, 0.3) is 0 Å². The third-order valence-corrected chi connectivity index (χ3v) is 2.94. The molecule has 0 saturated heterocycles. The normalized spacial score (nSPS) is 11.1. The molecule has 0 bridgehead atoms. The molecule has 0 aromatic carbocycles. The molecule has 1 heterocycles. The molecule has 0 unspecified atom stereocenters. The molecule has 1 aromatic rings. The number of anilines is 1. The molecule has 0 spiro atoms. The number of sulfonamides is 1. The second-order valence-corrected chi connectivity index (χ2v) is 4.77. The number of carbonyl (C=O) groups is 1. The number of hydrogen-bond acceptors (Lipinski definition) is 4. The molecule has 16 heavy (non-hydrogen) atoms. The maximum atomic E-state index is 11.4. The van der Waals surface area contributed by atoms with Crippen LogP contribution in [-0.2, 0) is 17.1 Å². The van der Waals surface area contributed by atoms with Crippen molar-refractivity contribution in [3.05, 3.63) is 24.4 Å². The van der Waals surface area contributed by atoms with Crippen LogP contribution in [0.1, 0.15) is 10.4 Å². The fraction of sp³-hybridized carbons (Fsp3) is 0.250. The number of hydrogen-bond donors (Lipinski definition) is 2. The fourth-order valence-corrected chi connectivity index (χ4v) is 1.99. The Balaban J connectivity index is 3.10. The molecule has 0 saturated carbocycles. The highest BCUT2D eigenvalue weighted by molar-refractivity contribution is 7.92. The minimum atomic E-state index is -3.63. The topological polar surface area (TPSA) is 101 Å². The molecule has 8 heteroatoms. The van der Waals surface area contributed by atoms with Gasteiger partial charge in [-0.25, -0.2) is 13.2 Å². The first-order chi connectivity index (χ1) is 7.37. The van der Waals surface area contributed by atoms with E-state index >= 15 is 0 Å². The van der Waals surface area contributed by atoms with Crippen LogP contribution in [0.2, 0.25) is 0 Å². The van der Waals surface area contributed by atoms with Crippen LogP contribution in [0.5, 0.6) is 0 Å². The Bertz CT molecular complexity index is 517. The number of aromatic nitrogens is 2. The summed E-state index contributed by atoms with van der Waals surface area (Å²) in [7, 11) is -2.18. The number of rotatable bonds is 5. The van der Waals surface area contributed by atoms with E-state index in [4.69, 9.17) is 5.11 Å². The third-order valence-electron chi connectivity index (χ3n) is 1.76. The average Bonchev–Trinajstić information content (AvgIpc) is 2.47. The van der Waals surface area contributed by atoms with Gasteiger partial charge in [-0.05, 0) is 0 Å². The number of aryl methyl sites for hydroxylation is 1. The first-order valence-corrected chi connectivity index (χ1v) is 5.89. The highest BCUT2D eigenvalue weighted by atomic mass is 32.2. The molecule has 88 valence electrons. The van der Waals surface area contributed by atoms with Gasteiger partial charge in [0.05, 0.1) is 11.9 Å². The predicted molar refractivity (Wildman–Crippen MR) is 57.8 cm³/mol. The van der Waals surface area contributed by atoms with Crippen molar-refractivity contribution in [3.8, 4) is 0 Å². The lowest BCUT2D eigenvalue weighted by molar-refractivity contribution is 0.0698. The summed E-state index contributed by atoms with van der Waals surface area (Å²) in [5.74, 6) is -1.62. The van der Waals surface area contributed by atoms with Crippen molar-refractivity contribution < 1.29 is 18.3 Å². The van der Waals surface area contributed by atoms with Gasteiger partial charge in [0.1, 0.15) is 5.56 Å². The minimum absolute atomic E-state index is 0.0747. The molecule has 2 N–H and O–H groups in total. The van der Waals surface area contributed by atoms with Gasteiger partial charge in [0.2, 0.25) is 10.0 Å². The summed E-state index contributed by atoms with van der Waals surface area (Å²) in [6.07, 6.45) is 2.28. The summed E-state index contributed by atoms with van der Waals surface area (Å²) in [5.41, 5.74) is -0.199. The van der Waals surface area contributed by atoms with Gasteiger partial charge in [-0.1, -0.05) is 6.08 Å². The quantitative estimate of drug-likeness (QED) is 0.713. The summed E-state index contributed by atoms with van der Waals surface area (Å²) >= 11 is 0. The van der Waals surface area contributed by atoms with Crippen LogP contribution in [-0.4, -0.2) is 35.0 Å². The fourth-order valence-electron chi connectivity index (χ4n) is 1.06. The molecule has 0 atom stereocenters. The number of aromatic carboxylic acids is 1. The molecular weight excluding hydrogens is 234 g/mol. The third kappa shape index (κ3) is 2.60. The highest BCUT2D eigenvalue weighted by Gasteiger charge is 2.19. The second kappa shape index (κ2) is 4.35. The molecule has 1 rings (SSSR count). The Kier molecular flexibility index (Phi) is 3.33. The molecule has 0 aliphatic heterocycles. The van der Waals surface area contributed by atoms with Crippen LogP contribution in [0.4, 0.5) is 5.82 Å². The smallest absolute Gasteiger partial charge is 0.341 e. The standard InChI is InChI=1S/C8H11N3O4S/c1-3-4-16(14,15)10-7-6(8(12)13)5-9-11(7)2/h3,5,10H,1,4H2,2H3,(H,12,13). The van der Waals surface area contributed by atoms with Gasteiger partial charge in [0.15, 0.2) is 5.82 Å². The van der Waals surface area contributed by atoms with Crippen molar-refractivity contribution in [3.63, 3.8) is 0 Å². The van der Waals surface area contributed by atoms with Gasteiger partial charge in [-0.3, -0.25) is 9.40 Å². The van der Waals surface area contributed by atoms with E-state index < -0.39 is 16.0 Å². The molecule has 1 aromatic heterocycles.